The first kappa shape index (κ1) is 26.4. The molecule has 3 heterocycles. The summed E-state index contributed by atoms with van der Waals surface area (Å²) in [7, 11) is 1.56. The van der Waals surface area contributed by atoms with Gasteiger partial charge in [-0.1, -0.05) is 72.2 Å². The summed E-state index contributed by atoms with van der Waals surface area (Å²) in [6.45, 7) is 2.10. The molecule has 0 atom stereocenters. The third kappa shape index (κ3) is 5.10. The Hall–Kier alpha value is -4.80. The molecule has 0 radical (unpaired) electrons. The van der Waals surface area contributed by atoms with Crippen molar-refractivity contribution in [1.29, 1.82) is 0 Å². The first-order valence-corrected chi connectivity index (χ1v) is 13.9. The average Bonchev–Trinajstić information content (AvgIpc) is 3.66. The van der Waals surface area contributed by atoms with Crippen molar-refractivity contribution < 1.29 is 9.36 Å². The van der Waals surface area contributed by atoms with Crippen LogP contribution in [-0.4, -0.2) is 42.1 Å². The Balaban J connectivity index is 1.36. The molecular formula is C30H31N7O4. The number of nitrogens with one attached hydrogen (secondary N) is 1. The normalized spacial score (nSPS) is 15.4. The highest BCUT2D eigenvalue weighted by Gasteiger charge is 2.26. The summed E-state index contributed by atoms with van der Waals surface area (Å²) < 4.78 is 8.41. The number of hydrogen-bond acceptors (Lipinski definition) is 8. The highest BCUT2D eigenvalue weighted by Crippen LogP contribution is 2.31. The number of hydrogen-bond donors (Lipinski definition) is 1. The smallest absolute Gasteiger partial charge is 0.399 e. The summed E-state index contributed by atoms with van der Waals surface area (Å²) in [4.78, 5) is 37.8. The van der Waals surface area contributed by atoms with Gasteiger partial charge in [-0.15, -0.1) is 0 Å². The molecule has 210 valence electrons. The molecule has 1 saturated carbocycles. The zero-order valence-corrected chi connectivity index (χ0v) is 23.0. The summed E-state index contributed by atoms with van der Waals surface area (Å²) >= 11 is 0. The molecule has 0 bridgehead atoms. The van der Waals surface area contributed by atoms with E-state index in [0.717, 1.165) is 77.7 Å². The van der Waals surface area contributed by atoms with E-state index in [1.165, 1.54) is 6.33 Å². The maximum absolute atomic E-state index is 14.2. The zero-order chi connectivity index (χ0) is 28.3. The number of H-pyrrole nitrogens is 1. The lowest BCUT2D eigenvalue weighted by atomic mass is 9.93. The molecule has 6 rings (SSSR count). The molecule has 3 aromatic heterocycles. The van der Waals surface area contributed by atoms with Crippen LogP contribution >= 0.6 is 0 Å². The lowest BCUT2D eigenvalue weighted by molar-refractivity contribution is 0.209. The highest BCUT2D eigenvalue weighted by atomic mass is 16.6. The second-order valence-electron chi connectivity index (χ2n) is 10.3. The summed E-state index contributed by atoms with van der Waals surface area (Å²) in [5.41, 5.74) is 6.32. The molecule has 1 N–H and O–H groups in total. The minimum Gasteiger partial charge on any atom is -0.399 e. The fourth-order valence-electron chi connectivity index (χ4n) is 5.79. The van der Waals surface area contributed by atoms with Crippen LogP contribution in [0.4, 0.5) is 0 Å². The Labute approximate surface area is 235 Å². The van der Waals surface area contributed by atoms with E-state index in [4.69, 9.17) is 9.36 Å². The Kier molecular flexibility index (Phi) is 7.32. The van der Waals surface area contributed by atoms with Crippen molar-refractivity contribution in [3.63, 3.8) is 0 Å². The van der Waals surface area contributed by atoms with E-state index < -0.39 is 5.76 Å². The van der Waals surface area contributed by atoms with Crippen molar-refractivity contribution in [1.82, 2.24) is 29.3 Å². The van der Waals surface area contributed by atoms with Crippen LogP contribution in [0.3, 0.4) is 0 Å². The number of oxime groups is 1. The van der Waals surface area contributed by atoms with Gasteiger partial charge in [0.1, 0.15) is 13.4 Å². The van der Waals surface area contributed by atoms with E-state index in [9.17, 15) is 9.59 Å². The van der Waals surface area contributed by atoms with Crippen molar-refractivity contribution in [2.75, 3.05) is 7.11 Å². The van der Waals surface area contributed by atoms with Crippen molar-refractivity contribution in [3.8, 4) is 22.5 Å². The quantitative estimate of drug-likeness (QED) is 0.279. The van der Waals surface area contributed by atoms with Crippen LogP contribution in [0.1, 0.15) is 61.9 Å². The first-order valence-electron chi connectivity index (χ1n) is 13.9. The van der Waals surface area contributed by atoms with Gasteiger partial charge in [0.15, 0.2) is 5.82 Å². The number of aryl methyl sites for hydroxylation is 1. The fraction of sp³-hybridized carbons (Fsp3) is 0.333. The van der Waals surface area contributed by atoms with Crippen molar-refractivity contribution in [2.24, 2.45) is 5.16 Å². The van der Waals surface area contributed by atoms with Gasteiger partial charge in [0, 0.05) is 23.6 Å². The number of benzene rings is 2. The summed E-state index contributed by atoms with van der Waals surface area (Å²) in [6, 6.07) is 15.8. The minimum atomic E-state index is -0.597. The van der Waals surface area contributed by atoms with Crippen LogP contribution in [0.2, 0.25) is 0 Å². The molecule has 11 nitrogen and oxygen atoms in total. The molecular weight excluding hydrogens is 522 g/mol. The van der Waals surface area contributed by atoms with Gasteiger partial charge in [0.05, 0.1) is 11.4 Å². The molecule has 0 saturated heterocycles. The largest absolute Gasteiger partial charge is 0.439 e. The topological polar surface area (TPSA) is 133 Å². The summed E-state index contributed by atoms with van der Waals surface area (Å²) in [5, 5.41) is 12.5. The molecule has 2 aromatic carbocycles. The van der Waals surface area contributed by atoms with Crippen molar-refractivity contribution in [2.45, 2.75) is 57.9 Å². The van der Waals surface area contributed by atoms with Crippen LogP contribution < -0.4 is 11.3 Å². The SMILES string of the molecule is CCCc1c(Cc2ccc(-c3ccccc3-c3noc(=O)[nH]3)cc2)c(=O)n(C2CCC(=NOC)CC2)c2ncnn12. The van der Waals surface area contributed by atoms with E-state index in [-0.39, 0.29) is 11.6 Å². The molecule has 0 aliphatic heterocycles. The number of aromatic amines is 1. The summed E-state index contributed by atoms with van der Waals surface area (Å²) in [6.07, 6.45) is 6.76. The van der Waals surface area contributed by atoms with Gasteiger partial charge in [-0.2, -0.15) is 10.1 Å². The van der Waals surface area contributed by atoms with Gasteiger partial charge in [0.2, 0.25) is 5.78 Å². The predicted octanol–water partition coefficient (Wildman–Crippen LogP) is 4.56. The molecule has 41 heavy (non-hydrogen) atoms. The maximum Gasteiger partial charge on any atom is 0.439 e. The van der Waals surface area contributed by atoms with Crippen LogP contribution in [0, 0.1) is 0 Å². The summed E-state index contributed by atoms with van der Waals surface area (Å²) in [5.74, 6) is 0.376. The number of nitrogens with zero attached hydrogens (tertiary/aromatic N) is 6. The van der Waals surface area contributed by atoms with Gasteiger partial charge >= 0.3 is 5.76 Å². The number of aromatic nitrogens is 6. The second kappa shape index (κ2) is 11.4. The van der Waals surface area contributed by atoms with Crippen LogP contribution in [0.25, 0.3) is 28.3 Å². The number of rotatable bonds is 8. The molecule has 1 aliphatic rings. The van der Waals surface area contributed by atoms with Gasteiger partial charge in [-0.3, -0.25) is 18.9 Å². The molecule has 11 heteroatoms. The van der Waals surface area contributed by atoms with E-state index in [0.29, 0.717) is 18.0 Å². The van der Waals surface area contributed by atoms with Gasteiger partial charge in [-0.25, -0.2) is 9.31 Å². The van der Waals surface area contributed by atoms with E-state index >= 15 is 0 Å². The lowest BCUT2D eigenvalue weighted by Crippen LogP contribution is -2.34. The fourth-order valence-corrected chi connectivity index (χ4v) is 5.79. The van der Waals surface area contributed by atoms with Gasteiger partial charge in [0.25, 0.3) is 5.56 Å². The lowest BCUT2D eigenvalue weighted by Gasteiger charge is -2.26. The molecule has 5 aromatic rings. The van der Waals surface area contributed by atoms with Crippen molar-refractivity contribution >= 4 is 11.5 Å². The average molecular weight is 554 g/mol. The third-order valence-corrected chi connectivity index (χ3v) is 7.70. The monoisotopic (exact) mass is 553 g/mol. The second-order valence-corrected chi connectivity index (χ2v) is 10.3. The molecule has 1 fully saturated rings. The highest BCUT2D eigenvalue weighted by molar-refractivity contribution is 5.84. The van der Waals surface area contributed by atoms with E-state index in [1.54, 1.807) is 7.11 Å². The number of fused-ring (bicyclic) bond motifs is 1. The standard InChI is InChI=1S/C30H31N7O4/c1-3-6-26-25(28(38)36(29-31-18-32-37(26)29)22-15-13-21(14-16-22)34-40-2)17-19-9-11-20(12-10-19)23-7-4-5-8-24(23)27-33-30(39)41-35-27/h4-5,7-12,18,22H,3,6,13-17H2,1-2H3,(H,33,35,39). The Bertz CT molecular complexity index is 1820. The third-order valence-electron chi connectivity index (χ3n) is 7.70. The molecule has 0 amide bonds. The molecule has 1 aliphatic carbocycles. The predicted molar refractivity (Wildman–Crippen MR) is 154 cm³/mol. The minimum absolute atomic E-state index is 0.00418. The van der Waals surface area contributed by atoms with Crippen LogP contribution in [-0.2, 0) is 17.7 Å². The molecule has 0 unspecified atom stereocenters. The van der Waals surface area contributed by atoms with Crippen LogP contribution in [0.5, 0.6) is 0 Å². The Morgan fingerprint density at radius 1 is 1.07 bits per heavy atom. The Morgan fingerprint density at radius 3 is 2.51 bits per heavy atom. The Morgan fingerprint density at radius 2 is 1.83 bits per heavy atom. The van der Waals surface area contributed by atoms with Crippen LogP contribution in [0.15, 0.2) is 74.1 Å². The first-order chi connectivity index (χ1) is 20.1. The van der Waals surface area contributed by atoms with Gasteiger partial charge < -0.3 is 4.84 Å². The zero-order valence-electron chi connectivity index (χ0n) is 23.0. The van der Waals surface area contributed by atoms with Gasteiger partial charge in [-0.05, 0) is 48.8 Å². The maximum atomic E-state index is 14.2. The molecule has 0 spiro atoms. The van der Waals surface area contributed by atoms with E-state index in [2.05, 4.69) is 32.3 Å². The van der Waals surface area contributed by atoms with Crippen molar-refractivity contribution in [3.05, 3.63) is 92.6 Å². The van der Waals surface area contributed by atoms with E-state index in [1.807, 2.05) is 57.6 Å².